The summed E-state index contributed by atoms with van der Waals surface area (Å²) >= 11 is 0. The fraction of sp³-hybridized carbons (Fsp3) is 1.00. The minimum atomic E-state index is 1.05. The Kier molecular flexibility index (Phi) is 35.6. The second-order valence-corrected chi connectivity index (χ2v) is 15.8. The lowest BCUT2D eigenvalue weighted by Gasteiger charge is -2.21. The fourth-order valence-corrected chi connectivity index (χ4v) is 7.96. The molecule has 0 saturated heterocycles. The summed E-state index contributed by atoms with van der Waals surface area (Å²) in [4.78, 5) is 0. The lowest BCUT2D eigenvalue weighted by molar-refractivity contribution is 0.365. The molecule has 0 nitrogen and oxygen atoms in total. The van der Waals surface area contributed by atoms with Crippen LogP contribution >= 0.6 is 0 Å². The van der Waals surface area contributed by atoms with E-state index in [1.54, 1.807) is 25.7 Å². The van der Waals surface area contributed by atoms with Gasteiger partial charge in [-0.05, 0) is 5.92 Å². The van der Waals surface area contributed by atoms with Crippen molar-refractivity contribution in [2.75, 3.05) is 0 Å². The van der Waals surface area contributed by atoms with Crippen molar-refractivity contribution in [1.29, 1.82) is 0 Å². The molecular weight excluding hydrogens is 497 g/mol. The van der Waals surface area contributed by atoms with Crippen LogP contribution < -0.4 is 0 Å². The van der Waals surface area contributed by atoms with Crippen LogP contribution in [0.15, 0.2) is 0 Å². The molecule has 0 fully saturated rings. The van der Waals surface area contributed by atoms with E-state index in [0.29, 0.717) is 0 Å². The van der Waals surface area contributed by atoms with E-state index < -0.39 is 0 Å². The minimum absolute atomic E-state index is 1.05. The van der Waals surface area contributed by atoms with Gasteiger partial charge in [0.2, 0.25) is 0 Å². The highest BCUT2D eigenvalue weighted by atomic mass is 28.1. The van der Waals surface area contributed by atoms with E-state index in [0.717, 1.165) is 11.5 Å². The zero-order valence-corrected chi connectivity index (χ0v) is 31.2. The normalized spacial score (nSPS) is 13.3. The van der Waals surface area contributed by atoms with Crippen molar-refractivity contribution >= 4 is 10.2 Å². The van der Waals surface area contributed by atoms with Crippen molar-refractivity contribution in [2.45, 2.75) is 245 Å². The predicted molar refractivity (Wildman–Crippen MR) is 191 cm³/mol. The van der Waals surface area contributed by atoms with Crippen LogP contribution in [0.3, 0.4) is 0 Å². The van der Waals surface area contributed by atoms with Crippen LogP contribution in [0, 0.1) is 5.92 Å². The average Bonchev–Trinajstić information content (AvgIpc) is 2.95. The Hall–Kier alpha value is 0.217. The zero-order valence-electron chi connectivity index (χ0n) is 29.2. The zero-order chi connectivity index (χ0) is 29.2. The highest BCUT2D eigenvalue weighted by Gasteiger charge is 2.13. The molecule has 0 spiro atoms. The van der Waals surface area contributed by atoms with Crippen molar-refractivity contribution in [3.63, 3.8) is 0 Å². The molecule has 0 aliphatic carbocycles. The molecule has 0 bridgehead atoms. The van der Waals surface area contributed by atoms with Crippen molar-refractivity contribution in [3.05, 3.63) is 0 Å². The van der Waals surface area contributed by atoms with Crippen LogP contribution in [-0.4, -0.2) is 10.2 Å². The van der Waals surface area contributed by atoms with Gasteiger partial charge in [0.05, 0.1) is 0 Å². The molecule has 0 saturated carbocycles. The molecular formula is C39H82Si. The summed E-state index contributed by atoms with van der Waals surface area (Å²) in [5.41, 5.74) is 1.09. The van der Waals surface area contributed by atoms with Crippen LogP contribution in [0.2, 0.25) is 5.54 Å². The van der Waals surface area contributed by atoms with Gasteiger partial charge in [0.15, 0.2) is 0 Å². The molecule has 242 valence electrons. The second kappa shape index (κ2) is 35.4. The summed E-state index contributed by atoms with van der Waals surface area (Å²) < 4.78 is 0. The summed E-state index contributed by atoms with van der Waals surface area (Å²) in [5, 5.41) is 0. The summed E-state index contributed by atoms with van der Waals surface area (Å²) in [6, 6.07) is 0. The highest BCUT2D eigenvalue weighted by Crippen LogP contribution is 2.29. The SMILES string of the molecule is CCCCCCCCCCCCCCCCCCCC(CCCCCCCCCC)CC([SiH3])CCCCCCC. The number of unbranched alkanes of at least 4 members (excludes halogenated alkanes) is 27. The molecule has 0 amide bonds. The first-order valence-corrected chi connectivity index (χ1v) is 20.9. The highest BCUT2D eigenvalue weighted by molar-refractivity contribution is 6.11. The maximum Gasteiger partial charge on any atom is 0.00674 e. The first kappa shape index (κ1) is 40.2. The minimum Gasteiger partial charge on any atom is -0.0654 e. The Balaban J connectivity index is 3.83. The van der Waals surface area contributed by atoms with Crippen molar-refractivity contribution in [1.82, 2.24) is 0 Å². The van der Waals surface area contributed by atoms with Gasteiger partial charge >= 0.3 is 0 Å². The molecule has 1 heteroatoms. The van der Waals surface area contributed by atoms with Gasteiger partial charge in [0.25, 0.3) is 0 Å². The Bertz CT molecular complexity index is 433. The maximum absolute atomic E-state index is 2.34. The molecule has 40 heavy (non-hydrogen) atoms. The van der Waals surface area contributed by atoms with Gasteiger partial charge in [-0.2, -0.15) is 0 Å². The van der Waals surface area contributed by atoms with Gasteiger partial charge in [0.1, 0.15) is 0 Å². The number of rotatable bonds is 35. The monoisotopic (exact) mass is 579 g/mol. The molecule has 0 radical (unpaired) electrons. The van der Waals surface area contributed by atoms with Crippen LogP contribution in [0.25, 0.3) is 0 Å². The quantitative estimate of drug-likeness (QED) is 0.0518. The molecule has 0 aromatic heterocycles. The third-order valence-corrected chi connectivity index (χ3v) is 10.8. The summed E-state index contributed by atoms with van der Waals surface area (Å²) in [5.74, 6) is 1.05. The average molecular weight is 579 g/mol. The van der Waals surface area contributed by atoms with Crippen LogP contribution in [0.1, 0.15) is 239 Å². The lowest BCUT2D eigenvalue weighted by Crippen LogP contribution is -2.06. The number of hydrogen-bond donors (Lipinski definition) is 0. The van der Waals surface area contributed by atoms with Gasteiger partial charge < -0.3 is 0 Å². The Morgan fingerprint density at radius 3 is 0.800 bits per heavy atom. The van der Waals surface area contributed by atoms with Gasteiger partial charge in [-0.25, -0.2) is 0 Å². The second-order valence-electron chi connectivity index (χ2n) is 14.1. The first-order valence-electron chi connectivity index (χ1n) is 19.7. The topological polar surface area (TPSA) is 0 Å². The third-order valence-electron chi connectivity index (χ3n) is 9.72. The maximum atomic E-state index is 2.34. The van der Waals surface area contributed by atoms with E-state index in [1.807, 2.05) is 0 Å². The van der Waals surface area contributed by atoms with E-state index in [9.17, 15) is 0 Å². The van der Waals surface area contributed by atoms with Crippen LogP contribution in [0.4, 0.5) is 0 Å². The molecule has 0 heterocycles. The summed E-state index contributed by atoms with van der Waals surface area (Å²) in [6.45, 7) is 6.98. The summed E-state index contributed by atoms with van der Waals surface area (Å²) in [6.07, 6.45) is 50.6. The van der Waals surface area contributed by atoms with Crippen LogP contribution in [0.5, 0.6) is 0 Å². The molecule has 0 rings (SSSR count). The third kappa shape index (κ3) is 32.7. The molecule has 2 atom stereocenters. The summed E-state index contributed by atoms with van der Waals surface area (Å²) in [7, 11) is 1.43. The number of hydrogen-bond acceptors (Lipinski definition) is 0. The van der Waals surface area contributed by atoms with E-state index in [1.165, 1.54) is 203 Å². The van der Waals surface area contributed by atoms with Gasteiger partial charge in [-0.15, -0.1) is 0 Å². The Labute approximate surface area is 260 Å². The van der Waals surface area contributed by atoms with Gasteiger partial charge in [-0.3, -0.25) is 0 Å². The van der Waals surface area contributed by atoms with Crippen molar-refractivity contribution in [3.8, 4) is 0 Å². The molecule has 0 aliphatic heterocycles. The Morgan fingerprint density at radius 2 is 0.525 bits per heavy atom. The van der Waals surface area contributed by atoms with Gasteiger partial charge in [0, 0.05) is 10.2 Å². The molecule has 0 aliphatic rings. The largest absolute Gasteiger partial charge is 0.0654 e. The molecule has 2 unspecified atom stereocenters. The van der Waals surface area contributed by atoms with Crippen molar-refractivity contribution < 1.29 is 0 Å². The molecule has 0 aromatic rings. The van der Waals surface area contributed by atoms with E-state index >= 15 is 0 Å². The molecule has 0 N–H and O–H groups in total. The molecule has 0 aromatic carbocycles. The van der Waals surface area contributed by atoms with E-state index in [2.05, 4.69) is 20.8 Å². The predicted octanol–water partition coefficient (Wildman–Crippen LogP) is 14.1. The smallest absolute Gasteiger partial charge is 0.00674 e. The van der Waals surface area contributed by atoms with Gasteiger partial charge in [-0.1, -0.05) is 245 Å². The van der Waals surface area contributed by atoms with E-state index in [4.69, 9.17) is 0 Å². The van der Waals surface area contributed by atoms with Crippen LogP contribution in [-0.2, 0) is 0 Å². The Morgan fingerprint density at radius 1 is 0.300 bits per heavy atom. The lowest BCUT2D eigenvalue weighted by atomic mass is 9.89. The standard InChI is InChI=1S/C39H82Si/c1-4-7-10-13-15-17-18-19-20-21-22-23-24-25-27-30-32-35-38(34-31-29-26-16-14-11-8-5-2)37-39(40)36-33-28-12-9-6-3/h38-39H,4-37H2,1-3,40H3. The van der Waals surface area contributed by atoms with Crippen molar-refractivity contribution in [2.24, 2.45) is 5.92 Å². The first-order chi connectivity index (χ1) is 19.7. The van der Waals surface area contributed by atoms with E-state index in [-0.39, 0.29) is 0 Å². The fourth-order valence-electron chi connectivity index (χ4n) is 6.89.